The summed E-state index contributed by atoms with van der Waals surface area (Å²) in [5.74, 6) is -0.903. The van der Waals surface area contributed by atoms with Crippen LogP contribution in [0.5, 0.6) is 0 Å². The summed E-state index contributed by atoms with van der Waals surface area (Å²) in [4.78, 5) is 13.7. The Kier molecular flexibility index (Phi) is 4.49. The molecule has 2 aliphatic rings. The number of carboxylic acids is 1. The Morgan fingerprint density at radius 3 is 2.73 bits per heavy atom. The van der Waals surface area contributed by atoms with Crippen molar-refractivity contribution in [2.24, 2.45) is 5.73 Å². The molecule has 0 radical (unpaired) electrons. The maximum atomic E-state index is 11.4. The number of hydrogen-bond acceptors (Lipinski definition) is 5. The lowest BCUT2D eigenvalue weighted by atomic mass is 10.1. The highest BCUT2D eigenvalue weighted by atomic mass is 16.5. The van der Waals surface area contributed by atoms with Crippen LogP contribution < -0.4 is 16.0 Å². The number of anilines is 2. The molecular weight excluding hydrogens is 282 g/mol. The van der Waals surface area contributed by atoms with Gasteiger partial charge in [0.15, 0.2) is 0 Å². The third-order valence-electron chi connectivity index (χ3n) is 4.40. The van der Waals surface area contributed by atoms with E-state index in [1.165, 1.54) is 0 Å². The summed E-state index contributed by atoms with van der Waals surface area (Å²) < 4.78 is 5.35. The van der Waals surface area contributed by atoms with E-state index in [0.29, 0.717) is 11.3 Å². The quantitative estimate of drug-likeness (QED) is 0.781. The molecule has 2 fully saturated rings. The number of rotatable bonds is 4. The van der Waals surface area contributed by atoms with Crippen LogP contribution in [0.25, 0.3) is 0 Å². The highest BCUT2D eigenvalue weighted by Crippen LogP contribution is 2.28. The second kappa shape index (κ2) is 6.54. The lowest BCUT2D eigenvalue weighted by molar-refractivity contribution is 0.0697. The van der Waals surface area contributed by atoms with Gasteiger partial charge in [0.25, 0.3) is 0 Å². The van der Waals surface area contributed by atoms with Gasteiger partial charge in [0, 0.05) is 44.1 Å². The van der Waals surface area contributed by atoms with E-state index in [4.69, 9.17) is 10.5 Å². The van der Waals surface area contributed by atoms with Crippen molar-refractivity contribution in [2.75, 3.05) is 36.5 Å². The second-order valence-electron chi connectivity index (χ2n) is 6.06. The molecule has 0 bridgehead atoms. The summed E-state index contributed by atoms with van der Waals surface area (Å²) in [6, 6.07) is 5.96. The van der Waals surface area contributed by atoms with E-state index in [0.717, 1.165) is 51.3 Å². The van der Waals surface area contributed by atoms with Gasteiger partial charge in [0.1, 0.15) is 0 Å². The van der Waals surface area contributed by atoms with Crippen LogP contribution in [0.3, 0.4) is 0 Å². The molecule has 2 saturated heterocycles. The van der Waals surface area contributed by atoms with E-state index >= 15 is 0 Å². The van der Waals surface area contributed by atoms with Crippen molar-refractivity contribution in [3.8, 4) is 0 Å². The minimum atomic E-state index is -0.903. The fourth-order valence-corrected chi connectivity index (χ4v) is 3.12. The number of hydrogen-bond donors (Lipinski definition) is 3. The third kappa shape index (κ3) is 3.34. The van der Waals surface area contributed by atoms with Gasteiger partial charge in [-0.3, -0.25) is 0 Å². The monoisotopic (exact) mass is 305 g/mol. The van der Waals surface area contributed by atoms with Gasteiger partial charge in [0.05, 0.1) is 11.3 Å². The molecule has 1 atom stereocenters. The summed E-state index contributed by atoms with van der Waals surface area (Å²) in [7, 11) is 0. The van der Waals surface area contributed by atoms with Crippen LogP contribution in [0.2, 0.25) is 0 Å². The predicted molar refractivity (Wildman–Crippen MR) is 85.7 cm³/mol. The SMILES string of the molecule is NC1CCN(c2ccc(C(=O)O)c(NC3CCOCC3)c2)C1. The van der Waals surface area contributed by atoms with Crippen molar-refractivity contribution in [1.82, 2.24) is 0 Å². The number of carboxylic acid groups (broad SMARTS) is 1. The number of benzene rings is 1. The minimum Gasteiger partial charge on any atom is -0.478 e. The normalized spacial score (nSPS) is 22.8. The maximum Gasteiger partial charge on any atom is 0.337 e. The molecule has 0 aromatic heterocycles. The Bertz CT molecular complexity index is 543. The first-order chi connectivity index (χ1) is 10.6. The Morgan fingerprint density at radius 2 is 2.09 bits per heavy atom. The van der Waals surface area contributed by atoms with E-state index in [-0.39, 0.29) is 12.1 Å². The van der Waals surface area contributed by atoms with E-state index in [9.17, 15) is 9.90 Å². The maximum absolute atomic E-state index is 11.4. The zero-order valence-electron chi connectivity index (χ0n) is 12.6. The average Bonchev–Trinajstić information content (AvgIpc) is 2.94. The summed E-state index contributed by atoms with van der Waals surface area (Å²) in [5, 5.41) is 12.8. The third-order valence-corrected chi connectivity index (χ3v) is 4.40. The van der Waals surface area contributed by atoms with E-state index in [1.807, 2.05) is 12.1 Å². The molecule has 0 saturated carbocycles. The molecule has 1 aromatic rings. The molecular formula is C16H23N3O3. The fraction of sp³-hybridized carbons (Fsp3) is 0.562. The number of carbonyl (C=O) groups is 1. The molecule has 4 N–H and O–H groups in total. The molecule has 2 heterocycles. The molecule has 2 aliphatic heterocycles. The van der Waals surface area contributed by atoms with E-state index in [1.54, 1.807) is 6.07 Å². The number of nitrogens with two attached hydrogens (primary N) is 1. The van der Waals surface area contributed by atoms with Crippen LogP contribution in [0.1, 0.15) is 29.6 Å². The van der Waals surface area contributed by atoms with Crippen molar-refractivity contribution in [3.63, 3.8) is 0 Å². The molecule has 1 unspecified atom stereocenters. The molecule has 120 valence electrons. The van der Waals surface area contributed by atoms with E-state index in [2.05, 4.69) is 10.2 Å². The van der Waals surface area contributed by atoms with Crippen LogP contribution in [0.15, 0.2) is 18.2 Å². The van der Waals surface area contributed by atoms with Crippen LogP contribution >= 0.6 is 0 Å². The van der Waals surface area contributed by atoms with Crippen LogP contribution in [-0.2, 0) is 4.74 Å². The number of nitrogens with zero attached hydrogens (tertiary/aromatic N) is 1. The average molecular weight is 305 g/mol. The standard InChI is InChI=1S/C16H23N3O3/c17-11-3-6-19(10-11)13-1-2-14(16(20)21)15(9-13)18-12-4-7-22-8-5-12/h1-2,9,11-12,18H,3-8,10,17H2,(H,20,21). The zero-order chi connectivity index (χ0) is 15.5. The highest BCUT2D eigenvalue weighted by molar-refractivity contribution is 5.95. The number of nitrogens with one attached hydrogen (secondary N) is 1. The van der Waals surface area contributed by atoms with Crippen LogP contribution in [0, 0.1) is 0 Å². The van der Waals surface area contributed by atoms with Crippen molar-refractivity contribution < 1.29 is 14.6 Å². The lowest BCUT2D eigenvalue weighted by Gasteiger charge is -2.26. The minimum absolute atomic E-state index is 0.200. The fourth-order valence-electron chi connectivity index (χ4n) is 3.12. The Balaban J connectivity index is 1.82. The van der Waals surface area contributed by atoms with Gasteiger partial charge in [-0.25, -0.2) is 4.79 Å². The summed E-state index contributed by atoms with van der Waals surface area (Å²) in [5.41, 5.74) is 8.01. The topological polar surface area (TPSA) is 87.8 Å². The number of ether oxygens (including phenoxy) is 1. The molecule has 6 heteroatoms. The smallest absolute Gasteiger partial charge is 0.337 e. The molecule has 0 aliphatic carbocycles. The molecule has 0 amide bonds. The van der Waals surface area contributed by atoms with Gasteiger partial charge in [-0.2, -0.15) is 0 Å². The first-order valence-corrected chi connectivity index (χ1v) is 7.85. The largest absolute Gasteiger partial charge is 0.478 e. The van der Waals surface area contributed by atoms with Gasteiger partial charge in [-0.15, -0.1) is 0 Å². The van der Waals surface area contributed by atoms with Gasteiger partial charge < -0.3 is 25.8 Å². The Hall–Kier alpha value is -1.79. The van der Waals surface area contributed by atoms with Gasteiger partial charge in [-0.05, 0) is 37.5 Å². The Labute approximate surface area is 130 Å². The predicted octanol–water partition coefficient (Wildman–Crippen LogP) is 1.51. The van der Waals surface area contributed by atoms with Gasteiger partial charge in [-0.1, -0.05) is 0 Å². The van der Waals surface area contributed by atoms with Crippen molar-refractivity contribution in [2.45, 2.75) is 31.3 Å². The van der Waals surface area contributed by atoms with Crippen molar-refractivity contribution in [1.29, 1.82) is 0 Å². The molecule has 1 aromatic carbocycles. The summed E-state index contributed by atoms with van der Waals surface area (Å²) in [6.07, 6.45) is 2.78. The van der Waals surface area contributed by atoms with Crippen molar-refractivity contribution >= 4 is 17.3 Å². The van der Waals surface area contributed by atoms with E-state index < -0.39 is 5.97 Å². The second-order valence-corrected chi connectivity index (χ2v) is 6.06. The first kappa shape index (κ1) is 15.1. The summed E-state index contributed by atoms with van der Waals surface area (Å²) in [6.45, 7) is 3.19. The molecule has 22 heavy (non-hydrogen) atoms. The first-order valence-electron chi connectivity index (χ1n) is 7.85. The highest BCUT2D eigenvalue weighted by Gasteiger charge is 2.22. The van der Waals surface area contributed by atoms with Crippen LogP contribution in [-0.4, -0.2) is 49.5 Å². The number of aromatic carboxylic acids is 1. The van der Waals surface area contributed by atoms with Crippen molar-refractivity contribution in [3.05, 3.63) is 23.8 Å². The molecule has 0 spiro atoms. The lowest BCUT2D eigenvalue weighted by Crippen LogP contribution is -2.29. The molecule has 6 nitrogen and oxygen atoms in total. The Morgan fingerprint density at radius 1 is 1.32 bits per heavy atom. The summed E-state index contributed by atoms with van der Waals surface area (Å²) >= 11 is 0. The van der Waals surface area contributed by atoms with Crippen LogP contribution in [0.4, 0.5) is 11.4 Å². The molecule has 3 rings (SSSR count). The zero-order valence-corrected chi connectivity index (χ0v) is 12.6. The van der Waals surface area contributed by atoms with Gasteiger partial charge in [0.2, 0.25) is 0 Å². The van der Waals surface area contributed by atoms with Gasteiger partial charge >= 0.3 is 5.97 Å².